The van der Waals surface area contributed by atoms with Gasteiger partial charge in [0.15, 0.2) is 0 Å². The van der Waals surface area contributed by atoms with E-state index in [4.69, 9.17) is 16.3 Å². The fourth-order valence-corrected chi connectivity index (χ4v) is 1.21. The van der Waals surface area contributed by atoms with Gasteiger partial charge in [-0.25, -0.2) is 4.79 Å². The fourth-order valence-electron chi connectivity index (χ4n) is 1.05. The largest absolute Gasteiger partial charge is 0.496 e. The highest BCUT2D eigenvalue weighted by atomic mass is 35.5. The molecule has 0 bridgehead atoms. The van der Waals surface area contributed by atoms with Crippen molar-refractivity contribution in [3.8, 4) is 5.75 Å². The van der Waals surface area contributed by atoms with Crippen molar-refractivity contribution in [1.82, 2.24) is 0 Å². The van der Waals surface area contributed by atoms with E-state index in [-0.39, 0.29) is 0 Å². The zero-order chi connectivity index (χ0) is 11.3. The van der Waals surface area contributed by atoms with E-state index in [0.717, 1.165) is 5.56 Å². The summed E-state index contributed by atoms with van der Waals surface area (Å²) in [6.07, 6.45) is 2.94. The molecule has 0 saturated carbocycles. The van der Waals surface area contributed by atoms with E-state index >= 15 is 0 Å². The molecule has 15 heavy (non-hydrogen) atoms. The number of methoxy groups -OCH3 is 2. The smallest absolute Gasteiger partial charge is 0.330 e. The molecular formula is C11H11ClO3. The van der Waals surface area contributed by atoms with E-state index in [1.807, 2.05) is 0 Å². The number of ether oxygens (including phenoxy) is 2. The Hall–Kier alpha value is -1.48. The van der Waals surface area contributed by atoms with Crippen molar-refractivity contribution < 1.29 is 14.3 Å². The van der Waals surface area contributed by atoms with Crippen LogP contribution in [0.4, 0.5) is 0 Å². The van der Waals surface area contributed by atoms with Crippen molar-refractivity contribution >= 4 is 23.6 Å². The van der Waals surface area contributed by atoms with E-state index in [2.05, 4.69) is 4.74 Å². The lowest BCUT2D eigenvalue weighted by Gasteiger charge is -2.04. The molecule has 0 atom stereocenters. The van der Waals surface area contributed by atoms with Crippen LogP contribution in [0.15, 0.2) is 24.3 Å². The van der Waals surface area contributed by atoms with E-state index < -0.39 is 5.97 Å². The highest BCUT2D eigenvalue weighted by Crippen LogP contribution is 2.24. The summed E-state index contributed by atoms with van der Waals surface area (Å²) in [5.74, 6) is 0.203. The van der Waals surface area contributed by atoms with Crippen LogP contribution in [0.3, 0.4) is 0 Å². The van der Waals surface area contributed by atoms with Crippen LogP contribution in [0, 0.1) is 0 Å². The van der Waals surface area contributed by atoms with Crippen LogP contribution in [0.5, 0.6) is 5.75 Å². The van der Waals surface area contributed by atoms with Gasteiger partial charge in [0.25, 0.3) is 0 Å². The Balaban J connectivity index is 2.94. The molecule has 80 valence electrons. The van der Waals surface area contributed by atoms with Gasteiger partial charge in [0.2, 0.25) is 0 Å². The summed E-state index contributed by atoms with van der Waals surface area (Å²) in [6.45, 7) is 0. The molecule has 0 aliphatic carbocycles. The highest BCUT2D eigenvalue weighted by molar-refractivity contribution is 6.30. The van der Waals surface area contributed by atoms with Gasteiger partial charge >= 0.3 is 5.97 Å². The van der Waals surface area contributed by atoms with Crippen LogP contribution in [0.1, 0.15) is 5.56 Å². The van der Waals surface area contributed by atoms with Crippen molar-refractivity contribution in [3.05, 3.63) is 34.9 Å². The molecule has 0 amide bonds. The molecule has 0 fully saturated rings. The minimum absolute atomic E-state index is 0.410. The van der Waals surface area contributed by atoms with Crippen molar-refractivity contribution in [1.29, 1.82) is 0 Å². The Morgan fingerprint density at radius 2 is 2.13 bits per heavy atom. The molecule has 0 aliphatic rings. The Morgan fingerprint density at radius 3 is 2.73 bits per heavy atom. The summed E-state index contributed by atoms with van der Waals surface area (Å²) in [4.78, 5) is 10.9. The summed E-state index contributed by atoms with van der Waals surface area (Å²) in [5, 5.41) is 0.585. The summed E-state index contributed by atoms with van der Waals surface area (Å²) < 4.78 is 9.58. The summed E-state index contributed by atoms with van der Waals surface area (Å²) >= 11 is 5.79. The summed E-state index contributed by atoms with van der Waals surface area (Å²) in [7, 11) is 2.87. The van der Waals surface area contributed by atoms with Crippen molar-refractivity contribution in [2.75, 3.05) is 14.2 Å². The van der Waals surface area contributed by atoms with Crippen LogP contribution in [-0.4, -0.2) is 20.2 Å². The van der Waals surface area contributed by atoms with Gasteiger partial charge in [0, 0.05) is 16.7 Å². The average molecular weight is 227 g/mol. The summed E-state index contributed by atoms with van der Waals surface area (Å²) in [6, 6.07) is 5.17. The van der Waals surface area contributed by atoms with Gasteiger partial charge in [-0.1, -0.05) is 11.6 Å². The van der Waals surface area contributed by atoms with E-state index in [9.17, 15) is 4.79 Å². The van der Waals surface area contributed by atoms with Gasteiger partial charge < -0.3 is 9.47 Å². The van der Waals surface area contributed by atoms with Crippen LogP contribution in [0.2, 0.25) is 5.02 Å². The first kappa shape index (κ1) is 11.6. The molecule has 0 saturated heterocycles. The Kier molecular flexibility index (Phi) is 4.18. The lowest BCUT2D eigenvalue weighted by molar-refractivity contribution is -0.134. The molecule has 0 unspecified atom stereocenters. The van der Waals surface area contributed by atoms with Crippen molar-refractivity contribution in [2.45, 2.75) is 0 Å². The quantitative estimate of drug-likeness (QED) is 0.587. The average Bonchev–Trinajstić information content (AvgIpc) is 2.26. The van der Waals surface area contributed by atoms with Crippen LogP contribution in [0.25, 0.3) is 6.08 Å². The van der Waals surface area contributed by atoms with Gasteiger partial charge in [0.05, 0.1) is 14.2 Å². The lowest BCUT2D eigenvalue weighted by Crippen LogP contribution is -1.94. The molecule has 0 radical (unpaired) electrons. The third-order valence-corrected chi connectivity index (χ3v) is 2.03. The molecule has 3 nitrogen and oxygen atoms in total. The molecule has 0 heterocycles. The third-order valence-electron chi connectivity index (χ3n) is 1.80. The van der Waals surface area contributed by atoms with Crippen LogP contribution < -0.4 is 4.74 Å². The molecule has 0 spiro atoms. The number of carbonyl (C=O) groups excluding carboxylic acids is 1. The molecule has 4 heteroatoms. The fraction of sp³-hybridized carbons (Fsp3) is 0.182. The number of esters is 1. The number of benzene rings is 1. The Morgan fingerprint density at radius 1 is 1.40 bits per heavy atom. The lowest BCUT2D eigenvalue weighted by atomic mass is 10.2. The second kappa shape index (κ2) is 5.41. The first-order valence-corrected chi connectivity index (χ1v) is 4.64. The molecule has 1 aromatic rings. The highest BCUT2D eigenvalue weighted by Gasteiger charge is 2.01. The van der Waals surface area contributed by atoms with Gasteiger partial charge in [-0.15, -0.1) is 0 Å². The number of hydrogen-bond donors (Lipinski definition) is 0. The van der Waals surface area contributed by atoms with Gasteiger partial charge in [-0.3, -0.25) is 0 Å². The second-order valence-electron chi connectivity index (χ2n) is 2.74. The van der Waals surface area contributed by atoms with E-state index in [0.29, 0.717) is 10.8 Å². The number of halogens is 1. The van der Waals surface area contributed by atoms with Gasteiger partial charge in [0.1, 0.15) is 5.75 Å². The topological polar surface area (TPSA) is 35.5 Å². The molecule has 1 aromatic carbocycles. The Bertz CT molecular complexity index is 385. The van der Waals surface area contributed by atoms with E-state index in [1.54, 1.807) is 31.4 Å². The monoisotopic (exact) mass is 226 g/mol. The molecule has 0 aromatic heterocycles. The third kappa shape index (κ3) is 3.29. The maximum absolute atomic E-state index is 10.9. The normalized spacial score (nSPS) is 10.3. The minimum Gasteiger partial charge on any atom is -0.496 e. The standard InChI is InChI=1S/C11H11ClO3/c1-14-10-7-9(12)5-3-8(10)4-6-11(13)15-2/h3-7H,1-2H3. The predicted octanol–water partition coefficient (Wildman–Crippen LogP) is 2.53. The molecule has 1 rings (SSSR count). The van der Waals surface area contributed by atoms with Gasteiger partial charge in [-0.2, -0.15) is 0 Å². The first-order valence-electron chi connectivity index (χ1n) is 4.27. The SMILES string of the molecule is COC(=O)C=Cc1ccc(Cl)cc1OC. The first-order chi connectivity index (χ1) is 7.17. The molecule has 0 N–H and O–H groups in total. The number of hydrogen-bond acceptors (Lipinski definition) is 3. The van der Waals surface area contributed by atoms with E-state index in [1.165, 1.54) is 13.2 Å². The van der Waals surface area contributed by atoms with Crippen LogP contribution >= 0.6 is 11.6 Å². The Labute approximate surface area is 93.3 Å². The van der Waals surface area contributed by atoms with Crippen LogP contribution in [-0.2, 0) is 9.53 Å². The van der Waals surface area contributed by atoms with Gasteiger partial charge in [-0.05, 0) is 24.3 Å². The maximum atomic E-state index is 10.9. The zero-order valence-corrected chi connectivity index (χ0v) is 9.25. The minimum atomic E-state index is -0.410. The predicted molar refractivity (Wildman–Crippen MR) is 59.1 cm³/mol. The van der Waals surface area contributed by atoms with Crippen molar-refractivity contribution in [3.63, 3.8) is 0 Å². The number of carbonyl (C=O) groups is 1. The maximum Gasteiger partial charge on any atom is 0.330 e. The molecule has 0 aliphatic heterocycles. The zero-order valence-electron chi connectivity index (χ0n) is 8.49. The number of rotatable bonds is 3. The van der Waals surface area contributed by atoms with Crippen molar-refractivity contribution in [2.24, 2.45) is 0 Å². The molecular weight excluding hydrogens is 216 g/mol. The second-order valence-corrected chi connectivity index (χ2v) is 3.18. The summed E-state index contributed by atoms with van der Waals surface area (Å²) in [5.41, 5.74) is 0.771.